The van der Waals surface area contributed by atoms with Gasteiger partial charge in [0.15, 0.2) is 17.2 Å². The molecule has 0 radical (unpaired) electrons. The summed E-state index contributed by atoms with van der Waals surface area (Å²) in [5.41, 5.74) is 24.8. The molecule has 3 heterocycles. The fraction of sp³-hybridized carbons (Fsp3) is 0.538. The summed E-state index contributed by atoms with van der Waals surface area (Å²) in [6.07, 6.45) is 3.12. The number of halogens is 1. The third-order valence-electron chi connectivity index (χ3n) is 11.5. The lowest BCUT2D eigenvalue weighted by molar-refractivity contribution is -0.0811. The molecule has 0 bridgehead atoms. The molecule has 0 spiro atoms. The minimum absolute atomic E-state index is 0.127. The molecule has 0 aromatic heterocycles. The number of rotatable bonds is 5. The van der Waals surface area contributed by atoms with Gasteiger partial charge in [-0.1, -0.05) is 28.9 Å². The van der Waals surface area contributed by atoms with E-state index in [1.54, 1.807) is 14.2 Å². The molecule has 3 aliphatic rings. The number of nitrogen functional groups attached to an aromatic ring is 2. The van der Waals surface area contributed by atoms with Crippen LogP contribution >= 0.6 is 15.9 Å². The first-order chi connectivity index (χ1) is 22.1. The van der Waals surface area contributed by atoms with Crippen molar-refractivity contribution < 1.29 is 18.9 Å². The summed E-state index contributed by atoms with van der Waals surface area (Å²) in [6.45, 7) is 21.3. The van der Waals surface area contributed by atoms with Gasteiger partial charge < -0.3 is 30.4 Å². The zero-order chi connectivity index (χ0) is 34.6. The Bertz CT molecular complexity index is 1640. The van der Waals surface area contributed by atoms with Crippen LogP contribution in [0.2, 0.25) is 0 Å². The van der Waals surface area contributed by atoms with Crippen LogP contribution < -0.4 is 30.4 Å². The van der Waals surface area contributed by atoms with E-state index in [0.717, 1.165) is 83.2 Å². The van der Waals surface area contributed by atoms with Crippen molar-refractivity contribution in [2.24, 2.45) is 0 Å². The molecular weight excluding hydrogens is 654 g/mol. The Balaban J connectivity index is 0.000000227. The molecule has 3 unspecified atom stereocenters. The van der Waals surface area contributed by atoms with Gasteiger partial charge in [-0.25, -0.2) is 0 Å². The van der Waals surface area contributed by atoms with Gasteiger partial charge in [-0.3, -0.25) is 4.90 Å². The van der Waals surface area contributed by atoms with Gasteiger partial charge in [0.2, 0.25) is 0 Å². The Morgan fingerprint density at radius 3 is 1.96 bits per heavy atom. The molecule has 0 saturated carbocycles. The summed E-state index contributed by atoms with van der Waals surface area (Å²) in [5, 5.41) is 0.840. The van der Waals surface area contributed by atoms with Crippen molar-refractivity contribution in [2.45, 2.75) is 105 Å². The normalized spacial score (nSPS) is 23.7. The highest BCUT2D eigenvalue weighted by atomic mass is 79.9. The summed E-state index contributed by atoms with van der Waals surface area (Å²) in [5.74, 6) is 4.45. The van der Waals surface area contributed by atoms with Crippen LogP contribution in [0.25, 0.3) is 0 Å². The zero-order valence-corrected chi connectivity index (χ0v) is 31.8. The van der Waals surface area contributed by atoms with E-state index in [2.05, 4.69) is 95.3 Å². The summed E-state index contributed by atoms with van der Waals surface area (Å²) in [6, 6.07) is 6.31. The minimum atomic E-state index is -0.347. The third kappa shape index (κ3) is 5.94. The van der Waals surface area contributed by atoms with Crippen molar-refractivity contribution in [2.75, 3.05) is 44.1 Å². The number of hydrogen-bond donors (Lipinski definition) is 2. The van der Waals surface area contributed by atoms with Gasteiger partial charge in [-0.15, -0.1) is 0 Å². The molecule has 8 heteroatoms. The number of likely N-dealkylation sites (tertiary alicyclic amines) is 1. The van der Waals surface area contributed by atoms with Crippen LogP contribution in [0.4, 0.5) is 11.4 Å². The topological polar surface area (TPSA) is 92.2 Å². The number of ether oxygens (including phenoxy) is 4. The van der Waals surface area contributed by atoms with Crippen LogP contribution in [-0.4, -0.2) is 48.9 Å². The molecule has 1 saturated heterocycles. The van der Waals surface area contributed by atoms with Gasteiger partial charge in [-0.2, -0.15) is 0 Å². The Kier molecular flexibility index (Phi) is 9.80. The van der Waals surface area contributed by atoms with Gasteiger partial charge in [0.05, 0.1) is 14.2 Å². The van der Waals surface area contributed by atoms with Gasteiger partial charge in [0, 0.05) is 53.3 Å². The maximum absolute atomic E-state index is 6.74. The first-order valence-corrected chi connectivity index (χ1v) is 17.9. The second-order valence-corrected chi connectivity index (χ2v) is 14.8. The molecule has 256 valence electrons. The van der Waals surface area contributed by atoms with Gasteiger partial charge in [0.1, 0.15) is 17.1 Å². The van der Waals surface area contributed by atoms with Crippen LogP contribution in [0.3, 0.4) is 0 Å². The monoisotopic (exact) mass is 707 g/mol. The second-order valence-electron chi connectivity index (χ2n) is 14.2. The average Bonchev–Trinajstić information content (AvgIpc) is 3.59. The molecular formula is C39H54BrN3O4. The Morgan fingerprint density at radius 2 is 1.38 bits per heavy atom. The summed E-state index contributed by atoms with van der Waals surface area (Å²) in [4.78, 5) is 2.53. The predicted octanol–water partition coefficient (Wildman–Crippen LogP) is 8.59. The van der Waals surface area contributed by atoms with Crippen LogP contribution in [0, 0.1) is 41.5 Å². The van der Waals surface area contributed by atoms with Gasteiger partial charge in [0.25, 0.3) is 0 Å². The molecule has 0 aliphatic carbocycles. The Morgan fingerprint density at radius 1 is 0.809 bits per heavy atom. The van der Waals surface area contributed by atoms with Crippen molar-refractivity contribution in [3.05, 3.63) is 68.3 Å². The fourth-order valence-electron chi connectivity index (χ4n) is 7.78. The van der Waals surface area contributed by atoms with Crippen molar-refractivity contribution in [3.8, 4) is 23.0 Å². The van der Waals surface area contributed by atoms with Crippen molar-refractivity contribution >= 4 is 27.3 Å². The zero-order valence-electron chi connectivity index (χ0n) is 30.2. The number of anilines is 2. The van der Waals surface area contributed by atoms with Crippen molar-refractivity contribution in [1.82, 2.24) is 4.90 Å². The molecule has 0 amide bonds. The number of nitrogens with zero attached hydrogens (tertiary/aromatic N) is 1. The van der Waals surface area contributed by atoms with E-state index < -0.39 is 0 Å². The summed E-state index contributed by atoms with van der Waals surface area (Å²) in [7, 11) is 3.37. The second kappa shape index (κ2) is 13.1. The number of alkyl halides is 1. The number of hydrogen-bond acceptors (Lipinski definition) is 7. The first-order valence-electron chi connectivity index (χ1n) is 16.8. The Hall–Kier alpha value is -3.10. The van der Waals surface area contributed by atoms with E-state index in [1.165, 1.54) is 38.9 Å². The first kappa shape index (κ1) is 35.2. The fourth-order valence-corrected chi connectivity index (χ4v) is 8.10. The molecule has 6 rings (SSSR count). The van der Waals surface area contributed by atoms with E-state index in [1.807, 2.05) is 6.07 Å². The summed E-state index contributed by atoms with van der Waals surface area (Å²) >= 11 is 3.52. The largest absolute Gasteiger partial charge is 0.493 e. The highest BCUT2D eigenvalue weighted by molar-refractivity contribution is 9.09. The lowest BCUT2D eigenvalue weighted by atomic mass is 9.84. The highest BCUT2D eigenvalue weighted by Crippen LogP contribution is 2.52. The van der Waals surface area contributed by atoms with Crippen LogP contribution in [-0.2, 0) is 6.42 Å². The number of methoxy groups -OCH3 is 2. The molecule has 3 atom stereocenters. The maximum atomic E-state index is 6.74. The molecule has 1 fully saturated rings. The number of piperidine rings is 1. The average molecular weight is 709 g/mol. The lowest BCUT2D eigenvalue weighted by Crippen LogP contribution is -2.54. The van der Waals surface area contributed by atoms with Crippen LogP contribution in [0.1, 0.15) is 95.5 Å². The molecule has 47 heavy (non-hydrogen) atoms. The Labute approximate surface area is 290 Å². The minimum Gasteiger partial charge on any atom is -0.493 e. The maximum Gasteiger partial charge on any atom is 0.167 e. The molecule has 3 aromatic carbocycles. The lowest BCUT2D eigenvalue weighted by Gasteiger charge is -2.44. The molecule has 7 nitrogen and oxygen atoms in total. The molecule has 4 N–H and O–H groups in total. The van der Waals surface area contributed by atoms with Gasteiger partial charge in [-0.05, 0) is 125 Å². The van der Waals surface area contributed by atoms with E-state index in [-0.39, 0.29) is 17.2 Å². The number of nitrogens with two attached hydrogens (primary N) is 2. The third-order valence-corrected chi connectivity index (χ3v) is 12.7. The van der Waals surface area contributed by atoms with E-state index >= 15 is 0 Å². The smallest absolute Gasteiger partial charge is 0.167 e. The number of fused-ring (bicyclic) bond motifs is 2. The quantitative estimate of drug-likeness (QED) is 0.203. The van der Waals surface area contributed by atoms with Crippen LogP contribution in [0.5, 0.6) is 23.0 Å². The van der Waals surface area contributed by atoms with E-state index in [0.29, 0.717) is 5.92 Å². The van der Waals surface area contributed by atoms with Crippen molar-refractivity contribution in [1.29, 1.82) is 0 Å². The summed E-state index contributed by atoms with van der Waals surface area (Å²) < 4.78 is 23.7. The van der Waals surface area contributed by atoms with E-state index in [4.69, 9.17) is 30.4 Å². The predicted molar refractivity (Wildman–Crippen MR) is 197 cm³/mol. The molecule has 3 aromatic rings. The highest BCUT2D eigenvalue weighted by Gasteiger charge is 2.49. The van der Waals surface area contributed by atoms with Gasteiger partial charge >= 0.3 is 0 Å². The van der Waals surface area contributed by atoms with Crippen LogP contribution in [0.15, 0.2) is 18.2 Å². The van der Waals surface area contributed by atoms with Crippen molar-refractivity contribution in [3.63, 3.8) is 0 Å². The SMILES string of the molecule is COc1ccc(C2CCN(C3(C)Oc4c(C)c(C)c(N)c(C)c4C3C)CC2)cc1OC.Cc1c(C)c2c(c(C)c1N)CC(C)(CBr)O2. The standard InChI is InChI=1S/C26H36N2O3.C13H18BrNO/c1-15-16(2)25-23(17(3)24(15)27)18(4)26(5,31-25)28-12-10-19(11-13-28)20-8-9-21(29-6)22(14-20)30-7;1-7-8(2)12-10(9(3)11(7)15)5-13(4,6-14)16-12/h8-9,14,18-19H,10-13,27H2,1-7H3;5-6,15H2,1-4H3. The van der Waals surface area contributed by atoms with E-state index in [9.17, 15) is 0 Å². The molecule has 3 aliphatic heterocycles. The number of benzene rings is 3.